The van der Waals surface area contributed by atoms with E-state index in [2.05, 4.69) is 39.5 Å². The van der Waals surface area contributed by atoms with Gasteiger partial charge in [0.2, 0.25) is 5.88 Å². The van der Waals surface area contributed by atoms with Gasteiger partial charge in [-0.3, -0.25) is 4.79 Å². The lowest BCUT2D eigenvalue weighted by Crippen LogP contribution is -2.44. The number of methoxy groups -OCH3 is 1. The van der Waals surface area contributed by atoms with Crippen molar-refractivity contribution in [3.8, 4) is 22.8 Å². The fourth-order valence-electron chi connectivity index (χ4n) is 3.59. The normalized spacial score (nSPS) is 17.1. The van der Waals surface area contributed by atoms with E-state index < -0.39 is 5.60 Å². The van der Waals surface area contributed by atoms with Crippen LogP contribution in [0.15, 0.2) is 60.8 Å². The Morgan fingerprint density at radius 2 is 1.80 bits per heavy atom. The Hall–Kier alpha value is -3.54. The highest BCUT2D eigenvalue weighted by molar-refractivity contribution is 5.98. The molecule has 2 aromatic carbocycles. The number of carbonyl (C=O) groups excluding carboxylic acids is 1. The molecule has 0 bridgehead atoms. The second kappa shape index (κ2) is 7.71. The lowest BCUT2D eigenvalue weighted by atomic mass is 9.93. The van der Waals surface area contributed by atoms with E-state index >= 15 is 0 Å². The first-order chi connectivity index (χ1) is 14.4. The zero-order chi connectivity index (χ0) is 21.3. The predicted molar refractivity (Wildman–Crippen MR) is 118 cm³/mol. The van der Waals surface area contributed by atoms with E-state index in [1.54, 1.807) is 44.5 Å². The lowest BCUT2D eigenvalue weighted by molar-refractivity contribution is -0.128. The molecule has 4 rings (SSSR count). The van der Waals surface area contributed by atoms with Gasteiger partial charge in [0.1, 0.15) is 5.75 Å². The molecule has 1 N–H and O–H groups in total. The Labute approximate surface area is 176 Å². The van der Waals surface area contributed by atoms with E-state index in [0.717, 1.165) is 28.1 Å². The van der Waals surface area contributed by atoms with Gasteiger partial charge in [0.05, 0.1) is 7.11 Å². The van der Waals surface area contributed by atoms with E-state index in [1.807, 2.05) is 20.2 Å². The second-order valence-electron chi connectivity index (χ2n) is 7.78. The van der Waals surface area contributed by atoms with Crippen LogP contribution < -0.4 is 19.7 Å². The Balaban J connectivity index is 1.57. The Bertz CT molecular complexity index is 1060. The topological polar surface area (TPSA) is 63.7 Å². The molecule has 0 spiro atoms. The van der Waals surface area contributed by atoms with Crippen LogP contribution in [-0.4, -0.2) is 37.7 Å². The molecule has 30 heavy (non-hydrogen) atoms. The lowest BCUT2D eigenvalue weighted by Gasteiger charge is -2.22. The van der Waals surface area contributed by atoms with Gasteiger partial charge >= 0.3 is 0 Å². The maximum absolute atomic E-state index is 13.0. The van der Waals surface area contributed by atoms with Gasteiger partial charge in [0.15, 0.2) is 5.60 Å². The molecule has 1 aromatic heterocycles. The van der Waals surface area contributed by atoms with Gasteiger partial charge in [-0.1, -0.05) is 12.1 Å². The summed E-state index contributed by atoms with van der Waals surface area (Å²) in [6, 6.07) is 17.5. The largest absolute Gasteiger partial charge is 0.497 e. The Kier molecular flexibility index (Phi) is 5.08. The van der Waals surface area contributed by atoms with Crippen molar-refractivity contribution in [3.63, 3.8) is 0 Å². The molecule has 1 unspecified atom stereocenters. The van der Waals surface area contributed by atoms with Gasteiger partial charge in [0.25, 0.3) is 5.91 Å². The number of amides is 1. The molecule has 2 heterocycles. The number of pyridine rings is 1. The van der Waals surface area contributed by atoms with Crippen molar-refractivity contribution in [2.75, 3.05) is 31.4 Å². The van der Waals surface area contributed by atoms with Crippen molar-refractivity contribution >= 4 is 17.3 Å². The number of carbonyl (C=O) groups is 1. The maximum Gasteiger partial charge on any atom is 0.268 e. The van der Waals surface area contributed by atoms with Crippen LogP contribution >= 0.6 is 0 Å². The first-order valence-corrected chi connectivity index (χ1v) is 9.80. The number of fused-ring (bicyclic) bond motifs is 1. The highest BCUT2D eigenvalue weighted by Crippen LogP contribution is 2.40. The molecule has 0 saturated heterocycles. The van der Waals surface area contributed by atoms with Crippen LogP contribution in [0.5, 0.6) is 11.6 Å². The fraction of sp³-hybridized carbons (Fsp3) is 0.250. The molecular formula is C24H25N3O3. The molecule has 1 atom stereocenters. The summed E-state index contributed by atoms with van der Waals surface area (Å²) < 4.78 is 11.2. The van der Waals surface area contributed by atoms with Crippen molar-refractivity contribution < 1.29 is 14.3 Å². The van der Waals surface area contributed by atoms with Gasteiger partial charge in [-0.2, -0.15) is 0 Å². The third-order valence-electron chi connectivity index (χ3n) is 5.38. The zero-order valence-electron chi connectivity index (χ0n) is 17.6. The van der Waals surface area contributed by atoms with E-state index in [1.165, 1.54) is 0 Å². The minimum Gasteiger partial charge on any atom is -0.497 e. The van der Waals surface area contributed by atoms with Crippen LogP contribution in [0.3, 0.4) is 0 Å². The first-order valence-electron chi connectivity index (χ1n) is 9.80. The molecule has 1 amide bonds. The van der Waals surface area contributed by atoms with E-state index in [-0.39, 0.29) is 5.91 Å². The predicted octanol–water partition coefficient (Wildman–Crippen LogP) is 4.16. The minimum absolute atomic E-state index is 0.209. The highest BCUT2D eigenvalue weighted by atomic mass is 16.5. The molecule has 6 heteroatoms. The summed E-state index contributed by atoms with van der Waals surface area (Å²) in [5, 5.41) is 2.94. The van der Waals surface area contributed by atoms with Crippen molar-refractivity contribution in [2.24, 2.45) is 0 Å². The van der Waals surface area contributed by atoms with Gasteiger partial charge in [-0.05, 0) is 60.5 Å². The average molecular weight is 403 g/mol. The van der Waals surface area contributed by atoms with Crippen molar-refractivity contribution in [1.29, 1.82) is 0 Å². The summed E-state index contributed by atoms with van der Waals surface area (Å²) in [7, 11) is 5.64. The van der Waals surface area contributed by atoms with Crippen LogP contribution in [0.25, 0.3) is 11.1 Å². The standard InChI is InChI=1S/C24H25N3O3/c1-24(23(28)26-17-7-11-19(29-4)12-8-17)15-21-20(13-14-25-22(21)30-24)16-5-9-18(10-6-16)27(2)3/h5-14H,15H2,1-4H3,(H,26,28). The Morgan fingerprint density at radius 3 is 2.43 bits per heavy atom. The third kappa shape index (κ3) is 3.68. The molecule has 0 fully saturated rings. The summed E-state index contributed by atoms with van der Waals surface area (Å²) in [6.45, 7) is 1.80. The first kappa shape index (κ1) is 19.8. The molecular weight excluding hydrogens is 378 g/mol. The SMILES string of the molecule is COc1ccc(NC(=O)C2(C)Cc3c(-c4ccc(N(C)C)cc4)ccnc3O2)cc1. The van der Waals surface area contributed by atoms with Crippen molar-refractivity contribution in [2.45, 2.75) is 18.9 Å². The molecule has 1 aliphatic rings. The fourth-order valence-corrected chi connectivity index (χ4v) is 3.59. The van der Waals surface area contributed by atoms with E-state index in [4.69, 9.17) is 9.47 Å². The zero-order valence-corrected chi connectivity index (χ0v) is 17.6. The Morgan fingerprint density at radius 1 is 1.10 bits per heavy atom. The molecule has 0 saturated carbocycles. The van der Waals surface area contributed by atoms with Crippen LogP contribution in [0.2, 0.25) is 0 Å². The second-order valence-corrected chi connectivity index (χ2v) is 7.78. The molecule has 1 aliphatic heterocycles. The summed E-state index contributed by atoms with van der Waals surface area (Å²) in [6.07, 6.45) is 2.17. The highest BCUT2D eigenvalue weighted by Gasteiger charge is 2.43. The number of benzene rings is 2. The number of nitrogens with one attached hydrogen (secondary N) is 1. The number of nitrogens with zero attached hydrogens (tertiary/aromatic N) is 2. The van der Waals surface area contributed by atoms with Crippen LogP contribution in [0, 0.1) is 0 Å². The van der Waals surface area contributed by atoms with E-state index in [9.17, 15) is 4.79 Å². The summed E-state index contributed by atoms with van der Waals surface area (Å²) >= 11 is 0. The van der Waals surface area contributed by atoms with Gasteiger partial charge in [0, 0.05) is 43.7 Å². The number of ether oxygens (including phenoxy) is 2. The summed E-state index contributed by atoms with van der Waals surface area (Å²) in [5.74, 6) is 1.04. The molecule has 154 valence electrons. The third-order valence-corrected chi connectivity index (χ3v) is 5.38. The number of anilines is 2. The minimum atomic E-state index is -1.03. The van der Waals surface area contributed by atoms with Crippen molar-refractivity contribution in [1.82, 2.24) is 4.98 Å². The summed E-state index contributed by atoms with van der Waals surface area (Å²) in [5.41, 5.74) is 3.84. The summed E-state index contributed by atoms with van der Waals surface area (Å²) in [4.78, 5) is 19.5. The average Bonchev–Trinajstić information content (AvgIpc) is 3.12. The van der Waals surface area contributed by atoms with Crippen LogP contribution in [-0.2, 0) is 11.2 Å². The monoisotopic (exact) mass is 403 g/mol. The van der Waals surface area contributed by atoms with Crippen molar-refractivity contribution in [3.05, 3.63) is 66.4 Å². The van der Waals surface area contributed by atoms with Crippen LogP contribution in [0.4, 0.5) is 11.4 Å². The van der Waals surface area contributed by atoms with Gasteiger partial charge in [-0.15, -0.1) is 0 Å². The molecule has 6 nitrogen and oxygen atoms in total. The van der Waals surface area contributed by atoms with Gasteiger partial charge < -0.3 is 19.7 Å². The number of aromatic nitrogens is 1. The number of hydrogen-bond acceptors (Lipinski definition) is 5. The molecule has 3 aromatic rings. The maximum atomic E-state index is 13.0. The smallest absolute Gasteiger partial charge is 0.268 e. The molecule has 0 radical (unpaired) electrons. The number of hydrogen-bond donors (Lipinski definition) is 1. The van der Waals surface area contributed by atoms with Crippen LogP contribution in [0.1, 0.15) is 12.5 Å². The molecule has 0 aliphatic carbocycles. The van der Waals surface area contributed by atoms with Gasteiger partial charge in [-0.25, -0.2) is 4.98 Å². The quantitative estimate of drug-likeness (QED) is 0.693. The number of rotatable bonds is 5. The van der Waals surface area contributed by atoms with E-state index in [0.29, 0.717) is 18.0 Å².